The number of aromatic nitrogens is 2. The fourth-order valence-electron chi connectivity index (χ4n) is 4.96. The molecule has 2 atom stereocenters. The lowest BCUT2D eigenvalue weighted by atomic mass is 9.75. The van der Waals surface area contributed by atoms with Crippen LogP contribution in [0.2, 0.25) is 18.1 Å². The average Bonchev–Trinajstić information content (AvgIpc) is 3.28. The van der Waals surface area contributed by atoms with Crippen molar-refractivity contribution in [1.29, 1.82) is 0 Å². The van der Waals surface area contributed by atoms with Gasteiger partial charge in [-0.05, 0) is 101 Å². The van der Waals surface area contributed by atoms with E-state index in [4.69, 9.17) is 19.0 Å². The molecular weight excluding hydrogens is 532 g/mol. The molecular formula is C32H58N4O4Si. The van der Waals surface area contributed by atoms with Crippen LogP contribution < -0.4 is 5.32 Å². The zero-order valence-electron chi connectivity index (χ0n) is 27.9. The summed E-state index contributed by atoms with van der Waals surface area (Å²) in [7, 11) is -0.166. The Hall–Kier alpha value is -1.68. The highest BCUT2D eigenvalue weighted by Crippen LogP contribution is 2.45. The van der Waals surface area contributed by atoms with Crippen LogP contribution in [0.15, 0.2) is 12.3 Å². The van der Waals surface area contributed by atoms with Crippen LogP contribution in [-0.4, -0.2) is 74.1 Å². The van der Waals surface area contributed by atoms with E-state index in [0.717, 1.165) is 50.9 Å². The van der Waals surface area contributed by atoms with Crippen molar-refractivity contribution < 1.29 is 18.7 Å². The Kier molecular flexibility index (Phi) is 11.0. The maximum atomic E-state index is 12.3. The summed E-state index contributed by atoms with van der Waals surface area (Å²) in [5.74, 6) is 0. The second-order valence-electron chi connectivity index (χ2n) is 15.2. The fraction of sp³-hybridized carbons (Fsp3) is 0.812. The Morgan fingerprint density at radius 1 is 1.20 bits per heavy atom. The molecule has 1 amide bonds. The van der Waals surface area contributed by atoms with Gasteiger partial charge < -0.3 is 24.1 Å². The number of carbonyl (C=O) groups excluding carboxylic acids is 1. The molecule has 1 aromatic rings. The predicted molar refractivity (Wildman–Crippen MR) is 170 cm³/mol. The minimum atomic E-state index is -1.95. The van der Waals surface area contributed by atoms with Crippen LogP contribution in [0.4, 0.5) is 4.79 Å². The van der Waals surface area contributed by atoms with Crippen LogP contribution in [0.3, 0.4) is 0 Å². The van der Waals surface area contributed by atoms with Gasteiger partial charge in [0.2, 0.25) is 0 Å². The van der Waals surface area contributed by atoms with Crippen molar-refractivity contribution >= 4 is 20.0 Å². The third-order valence-corrected chi connectivity index (χ3v) is 13.3. The van der Waals surface area contributed by atoms with E-state index in [0.29, 0.717) is 13.1 Å². The molecule has 1 aliphatic carbocycles. The summed E-state index contributed by atoms with van der Waals surface area (Å²) in [6.07, 6.45) is 10.6. The normalized spacial score (nSPS) is 21.9. The van der Waals surface area contributed by atoms with E-state index < -0.39 is 13.9 Å². The third-order valence-electron chi connectivity index (χ3n) is 8.85. The molecule has 1 fully saturated rings. The molecule has 1 N–H and O–H groups in total. The van der Waals surface area contributed by atoms with Crippen molar-refractivity contribution in [3.8, 4) is 0 Å². The van der Waals surface area contributed by atoms with Gasteiger partial charge in [-0.2, -0.15) is 5.10 Å². The molecule has 41 heavy (non-hydrogen) atoms. The topological polar surface area (TPSA) is 77.9 Å². The Labute approximate surface area is 250 Å². The Bertz CT molecular complexity index is 1050. The lowest BCUT2D eigenvalue weighted by Crippen LogP contribution is -2.48. The van der Waals surface area contributed by atoms with Gasteiger partial charge in [0.05, 0.1) is 11.8 Å². The van der Waals surface area contributed by atoms with Crippen molar-refractivity contribution in [2.45, 2.75) is 130 Å². The number of rotatable bonds is 10. The summed E-state index contributed by atoms with van der Waals surface area (Å²) in [5, 5.41) is 8.82. The standard InChI is InChI=1S/C32H58N4O4Si/c1-30(2,3)39-29(37)35(9)20-19-33-18-16-25-23-36(27-14-12-13-21-38-27)34-28(25)24-15-17-32(7,8)26(22-24)40-41(10,11)31(4,5)6/h22-23,26-27,33H,12-21H2,1-11H3. The highest BCUT2D eigenvalue weighted by molar-refractivity contribution is 6.74. The molecule has 1 aliphatic heterocycles. The first kappa shape index (κ1) is 33.8. The Morgan fingerprint density at radius 2 is 1.90 bits per heavy atom. The maximum absolute atomic E-state index is 12.3. The number of nitrogens with zero attached hydrogens (tertiary/aromatic N) is 3. The third kappa shape index (κ3) is 9.40. The van der Waals surface area contributed by atoms with Crippen LogP contribution >= 0.6 is 0 Å². The lowest BCUT2D eigenvalue weighted by Gasteiger charge is -2.45. The molecule has 8 nitrogen and oxygen atoms in total. The summed E-state index contributed by atoms with van der Waals surface area (Å²) in [6.45, 7) is 24.8. The number of ether oxygens (including phenoxy) is 2. The van der Waals surface area contributed by atoms with Crippen molar-refractivity contribution in [1.82, 2.24) is 20.0 Å². The smallest absolute Gasteiger partial charge is 0.410 e. The largest absolute Gasteiger partial charge is 0.444 e. The van der Waals surface area contributed by atoms with E-state index in [1.807, 2.05) is 20.8 Å². The van der Waals surface area contributed by atoms with Crippen molar-refractivity contribution in [2.75, 3.05) is 33.3 Å². The summed E-state index contributed by atoms with van der Waals surface area (Å²) < 4.78 is 20.6. The summed E-state index contributed by atoms with van der Waals surface area (Å²) in [4.78, 5) is 13.9. The van der Waals surface area contributed by atoms with Gasteiger partial charge in [0.25, 0.3) is 0 Å². The SMILES string of the molecule is CN(CCNCCc1cn(C2CCCCO2)nc1C1=CC(O[Si](C)(C)C(C)(C)C)C(C)(C)CC1)C(=O)OC(C)(C)C. The first-order valence-corrected chi connectivity index (χ1v) is 18.5. The number of amides is 1. The minimum absolute atomic E-state index is 0.00611. The highest BCUT2D eigenvalue weighted by Gasteiger charge is 2.43. The molecule has 2 heterocycles. The van der Waals surface area contributed by atoms with Crippen LogP contribution in [0, 0.1) is 5.41 Å². The molecule has 2 unspecified atom stereocenters. The molecule has 2 aliphatic rings. The zero-order valence-corrected chi connectivity index (χ0v) is 28.9. The quantitative estimate of drug-likeness (QED) is 0.230. The van der Waals surface area contributed by atoms with E-state index in [1.54, 1.807) is 11.9 Å². The van der Waals surface area contributed by atoms with Crippen molar-refractivity contribution in [3.63, 3.8) is 0 Å². The number of carbonyl (C=O) groups is 1. The first-order chi connectivity index (χ1) is 18.9. The van der Waals surface area contributed by atoms with Gasteiger partial charge in [0, 0.05) is 32.9 Å². The number of hydrogen-bond donors (Lipinski definition) is 1. The number of allylic oxidation sites excluding steroid dienone is 1. The second-order valence-corrected chi connectivity index (χ2v) is 19.9. The van der Waals surface area contributed by atoms with Crippen LogP contribution in [0.25, 0.3) is 5.57 Å². The Morgan fingerprint density at radius 3 is 2.51 bits per heavy atom. The van der Waals surface area contributed by atoms with Gasteiger partial charge in [0.1, 0.15) is 11.8 Å². The van der Waals surface area contributed by atoms with Gasteiger partial charge in [-0.25, -0.2) is 9.48 Å². The Balaban J connectivity index is 1.75. The summed E-state index contributed by atoms with van der Waals surface area (Å²) in [6, 6.07) is 0. The van der Waals surface area contributed by atoms with E-state index >= 15 is 0 Å². The van der Waals surface area contributed by atoms with Gasteiger partial charge in [-0.3, -0.25) is 0 Å². The summed E-state index contributed by atoms with van der Waals surface area (Å²) >= 11 is 0. The predicted octanol–water partition coefficient (Wildman–Crippen LogP) is 7.18. The molecule has 1 saturated heterocycles. The molecule has 0 aromatic carbocycles. The monoisotopic (exact) mass is 590 g/mol. The maximum Gasteiger partial charge on any atom is 0.410 e. The van der Waals surface area contributed by atoms with E-state index in [2.05, 4.69) is 70.0 Å². The van der Waals surface area contributed by atoms with Crippen molar-refractivity contribution in [2.24, 2.45) is 5.41 Å². The number of likely N-dealkylation sites (N-methyl/N-ethyl adjacent to an activating group) is 1. The van der Waals surface area contributed by atoms with Gasteiger partial charge >= 0.3 is 6.09 Å². The van der Waals surface area contributed by atoms with E-state index in [9.17, 15) is 4.79 Å². The van der Waals surface area contributed by atoms with Gasteiger partial charge in [0.15, 0.2) is 8.32 Å². The molecule has 234 valence electrons. The molecule has 0 radical (unpaired) electrons. The highest BCUT2D eigenvalue weighted by atomic mass is 28.4. The van der Waals surface area contributed by atoms with Crippen molar-refractivity contribution in [3.05, 3.63) is 23.5 Å². The average molecular weight is 591 g/mol. The number of hydrogen-bond acceptors (Lipinski definition) is 6. The minimum Gasteiger partial charge on any atom is -0.444 e. The molecule has 0 saturated carbocycles. The molecule has 9 heteroatoms. The first-order valence-electron chi connectivity index (χ1n) is 15.6. The molecule has 3 rings (SSSR count). The van der Waals surface area contributed by atoms with E-state index in [-0.39, 0.29) is 28.9 Å². The van der Waals surface area contributed by atoms with Gasteiger partial charge in [-0.1, -0.05) is 40.7 Å². The van der Waals surface area contributed by atoms with Gasteiger partial charge in [-0.15, -0.1) is 0 Å². The molecule has 1 aromatic heterocycles. The van der Waals surface area contributed by atoms with Crippen LogP contribution in [-0.2, 0) is 20.3 Å². The molecule has 0 bridgehead atoms. The fourth-order valence-corrected chi connectivity index (χ4v) is 6.34. The zero-order chi connectivity index (χ0) is 30.6. The lowest BCUT2D eigenvalue weighted by molar-refractivity contribution is -0.0395. The number of nitrogens with one attached hydrogen (secondary N) is 1. The van der Waals surface area contributed by atoms with Crippen LogP contribution in [0.1, 0.15) is 105 Å². The second kappa shape index (κ2) is 13.3. The molecule has 0 spiro atoms. The van der Waals surface area contributed by atoms with E-state index in [1.165, 1.54) is 17.6 Å². The summed E-state index contributed by atoms with van der Waals surface area (Å²) in [5.41, 5.74) is 3.21. The van der Waals surface area contributed by atoms with Crippen LogP contribution in [0.5, 0.6) is 0 Å².